The van der Waals surface area contributed by atoms with Gasteiger partial charge in [0.25, 0.3) is 0 Å². The van der Waals surface area contributed by atoms with Gasteiger partial charge in [-0.1, -0.05) is 30.7 Å². The van der Waals surface area contributed by atoms with Crippen LogP contribution < -0.4 is 5.01 Å². The number of alkyl halides is 3. The van der Waals surface area contributed by atoms with Crippen molar-refractivity contribution in [2.45, 2.75) is 31.7 Å². The van der Waals surface area contributed by atoms with Gasteiger partial charge in [0.2, 0.25) is 0 Å². The van der Waals surface area contributed by atoms with Gasteiger partial charge in [-0.25, -0.2) is 9.29 Å². The maximum atomic E-state index is 13.0. The third kappa shape index (κ3) is 4.98. The van der Waals surface area contributed by atoms with Gasteiger partial charge in [0.05, 0.1) is 29.5 Å². The first-order chi connectivity index (χ1) is 16.5. The molecular weight excluding hydrogens is 507 g/mol. The van der Waals surface area contributed by atoms with Gasteiger partial charge in [0.1, 0.15) is 17.7 Å². The van der Waals surface area contributed by atoms with Gasteiger partial charge in [-0.2, -0.15) is 26.7 Å². The van der Waals surface area contributed by atoms with Gasteiger partial charge in [-0.3, -0.25) is 14.2 Å². The molecule has 4 rings (SSSR count). The summed E-state index contributed by atoms with van der Waals surface area (Å²) in [7, 11) is -5.46. The van der Waals surface area contributed by atoms with E-state index in [2.05, 4.69) is 10.1 Å². The van der Waals surface area contributed by atoms with Crippen LogP contribution in [0.15, 0.2) is 47.7 Å². The molecule has 0 aliphatic carbocycles. The Bertz CT molecular complexity index is 1390. The molecule has 0 saturated heterocycles. The summed E-state index contributed by atoms with van der Waals surface area (Å²) < 4.78 is 63.0. The minimum Gasteiger partial charge on any atom is -0.295 e. The molecule has 0 N–H and O–H groups in total. The Balaban J connectivity index is 1.42. The molecule has 2 aromatic heterocycles. The molecule has 13 heteroatoms. The number of ketones is 1. The van der Waals surface area contributed by atoms with Crippen molar-refractivity contribution in [1.29, 1.82) is 0 Å². The highest BCUT2D eigenvalue weighted by molar-refractivity contribution is 7.90. The lowest BCUT2D eigenvalue weighted by Crippen LogP contribution is -2.46. The molecule has 1 aromatic carbocycles. The Morgan fingerprint density at radius 3 is 2.43 bits per heavy atom. The number of halogens is 4. The van der Waals surface area contributed by atoms with E-state index >= 15 is 0 Å². The van der Waals surface area contributed by atoms with Crippen LogP contribution >= 0.6 is 11.6 Å². The molecule has 8 nitrogen and oxygen atoms in total. The van der Waals surface area contributed by atoms with Gasteiger partial charge < -0.3 is 0 Å². The van der Waals surface area contributed by atoms with Gasteiger partial charge in [0, 0.05) is 12.6 Å². The molecule has 1 aliphatic rings. The lowest BCUT2D eigenvalue weighted by Gasteiger charge is -2.29. The molecule has 0 fully saturated rings. The van der Waals surface area contributed by atoms with Crippen LogP contribution in [0, 0.1) is 0 Å². The Labute approximate surface area is 204 Å². The van der Waals surface area contributed by atoms with Crippen LogP contribution in [-0.4, -0.2) is 52.8 Å². The third-order valence-corrected chi connectivity index (χ3v) is 7.28. The summed E-state index contributed by atoms with van der Waals surface area (Å²) in [6.45, 7) is 1.50. The molecule has 35 heavy (non-hydrogen) atoms. The maximum absolute atomic E-state index is 13.0. The summed E-state index contributed by atoms with van der Waals surface area (Å²) in [5, 5.41) is 5.75. The second-order valence-electron chi connectivity index (χ2n) is 7.84. The molecule has 0 saturated carbocycles. The van der Waals surface area contributed by atoms with E-state index in [0.717, 1.165) is 5.56 Å². The summed E-state index contributed by atoms with van der Waals surface area (Å²) in [5.41, 5.74) is -2.03. The molecule has 1 aliphatic heterocycles. The van der Waals surface area contributed by atoms with Crippen molar-refractivity contribution in [2.75, 3.05) is 18.1 Å². The van der Waals surface area contributed by atoms with Crippen molar-refractivity contribution >= 4 is 45.1 Å². The lowest BCUT2D eigenvalue weighted by atomic mass is 10.0. The van der Waals surface area contributed by atoms with Crippen molar-refractivity contribution in [2.24, 2.45) is 5.10 Å². The Morgan fingerprint density at radius 2 is 1.83 bits per heavy atom. The number of sulfonamides is 1. The SMILES string of the molecule is CCc1nc2ccc(Cl)cn2c1C(=O)CCc1ccc(N2CCN(S(=O)(=O)C(F)(F)F)C=N2)cc1. The molecule has 0 amide bonds. The number of aryl methyl sites for hydroxylation is 2. The van der Waals surface area contributed by atoms with Crippen molar-refractivity contribution in [1.82, 2.24) is 13.7 Å². The maximum Gasteiger partial charge on any atom is 0.516 e. The number of aromatic nitrogens is 2. The monoisotopic (exact) mass is 527 g/mol. The normalized spacial score (nSPS) is 14.7. The van der Waals surface area contributed by atoms with Crippen molar-refractivity contribution in [3.05, 3.63) is 64.6 Å². The third-order valence-electron chi connectivity index (χ3n) is 5.58. The first kappa shape index (κ1) is 25.0. The van der Waals surface area contributed by atoms with Crippen LogP contribution in [0.1, 0.15) is 35.1 Å². The number of hydrogen-bond donors (Lipinski definition) is 0. The van der Waals surface area contributed by atoms with Crippen molar-refractivity contribution in [3.63, 3.8) is 0 Å². The van der Waals surface area contributed by atoms with E-state index in [1.165, 1.54) is 5.01 Å². The number of pyridine rings is 1. The number of imidazole rings is 1. The van der Waals surface area contributed by atoms with Gasteiger partial charge in [0.15, 0.2) is 5.78 Å². The molecule has 0 atom stereocenters. The number of hydrogen-bond acceptors (Lipinski definition) is 6. The van der Waals surface area contributed by atoms with Crippen molar-refractivity contribution < 1.29 is 26.4 Å². The van der Waals surface area contributed by atoms with Crippen LogP contribution in [0.3, 0.4) is 0 Å². The van der Waals surface area contributed by atoms with E-state index in [1.807, 2.05) is 6.92 Å². The predicted molar refractivity (Wildman–Crippen MR) is 126 cm³/mol. The number of hydrazone groups is 1. The molecular formula is C22H21ClF3N5O3S. The Kier molecular flexibility index (Phi) is 6.78. The fourth-order valence-corrected chi connectivity index (χ4v) is 4.67. The molecule has 3 aromatic rings. The van der Waals surface area contributed by atoms with E-state index in [-0.39, 0.29) is 29.6 Å². The average molecular weight is 528 g/mol. The number of Topliss-reactive ketones (excluding diaryl/α,β-unsaturated/α-hetero) is 1. The summed E-state index contributed by atoms with van der Waals surface area (Å²) >= 11 is 6.09. The number of anilines is 1. The second-order valence-corrected chi connectivity index (χ2v) is 10.2. The number of nitrogens with zero attached hydrogens (tertiary/aromatic N) is 5. The molecule has 0 bridgehead atoms. The van der Waals surface area contributed by atoms with Crippen LogP contribution in [0.25, 0.3) is 5.65 Å². The van der Waals surface area contributed by atoms with Crippen LogP contribution in [0.4, 0.5) is 18.9 Å². The summed E-state index contributed by atoms with van der Waals surface area (Å²) in [6.07, 6.45) is 3.65. The average Bonchev–Trinajstić information content (AvgIpc) is 3.20. The fraction of sp³-hybridized carbons (Fsp3) is 0.318. The number of carbonyl (C=O) groups excluding carboxylic acids is 1. The van der Waals surface area contributed by atoms with Gasteiger partial charge in [-0.15, -0.1) is 0 Å². The molecule has 0 radical (unpaired) electrons. The van der Waals surface area contributed by atoms with E-state index in [9.17, 15) is 26.4 Å². The van der Waals surface area contributed by atoms with E-state index in [4.69, 9.17) is 11.6 Å². The number of fused-ring (bicyclic) bond motifs is 1. The molecule has 3 heterocycles. The topological polar surface area (TPSA) is 87.4 Å². The second kappa shape index (κ2) is 9.50. The molecule has 0 unspecified atom stereocenters. The molecule has 186 valence electrons. The standard InChI is InChI=1S/C22H21ClF3N5O3S/c1-2-18-21(30-13-16(23)6-10-20(30)28-18)19(32)9-5-15-3-7-17(8-4-15)31-12-11-29(14-27-31)35(33,34)22(24,25)26/h3-4,6-8,10,13-14H,2,5,9,11-12H2,1H3. The highest BCUT2D eigenvalue weighted by Crippen LogP contribution is 2.28. The predicted octanol–water partition coefficient (Wildman–Crippen LogP) is 4.28. The van der Waals surface area contributed by atoms with E-state index in [1.54, 1.807) is 47.0 Å². The Morgan fingerprint density at radius 1 is 1.11 bits per heavy atom. The number of rotatable bonds is 7. The van der Waals surface area contributed by atoms with Crippen LogP contribution in [-0.2, 0) is 22.9 Å². The highest BCUT2D eigenvalue weighted by atomic mass is 35.5. The summed E-state index contributed by atoms with van der Waals surface area (Å²) in [5.74, 6) is -0.0627. The highest BCUT2D eigenvalue weighted by Gasteiger charge is 2.50. The fourth-order valence-electron chi connectivity index (χ4n) is 3.76. The van der Waals surface area contributed by atoms with Gasteiger partial charge >= 0.3 is 15.5 Å². The largest absolute Gasteiger partial charge is 0.516 e. The lowest BCUT2D eigenvalue weighted by molar-refractivity contribution is -0.0471. The van der Waals surface area contributed by atoms with Crippen LogP contribution in [0.5, 0.6) is 0 Å². The van der Waals surface area contributed by atoms with E-state index in [0.29, 0.717) is 46.9 Å². The Hall–Kier alpha value is -3.12. The zero-order valence-electron chi connectivity index (χ0n) is 18.5. The zero-order chi connectivity index (χ0) is 25.4. The molecule has 0 spiro atoms. The first-order valence-electron chi connectivity index (χ1n) is 10.7. The van der Waals surface area contributed by atoms with Crippen LogP contribution in [0.2, 0.25) is 5.02 Å². The summed E-state index contributed by atoms with van der Waals surface area (Å²) in [6, 6.07) is 10.5. The van der Waals surface area contributed by atoms with E-state index < -0.39 is 15.5 Å². The minimum absolute atomic E-state index is 0.0414. The first-order valence-corrected chi connectivity index (χ1v) is 12.5. The number of benzene rings is 1. The smallest absolute Gasteiger partial charge is 0.295 e. The summed E-state index contributed by atoms with van der Waals surface area (Å²) in [4.78, 5) is 17.5. The zero-order valence-corrected chi connectivity index (χ0v) is 20.1. The van der Waals surface area contributed by atoms with Crippen molar-refractivity contribution in [3.8, 4) is 0 Å². The number of carbonyl (C=O) groups is 1. The quantitative estimate of drug-likeness (QED) is 0.428. The minimum atomic E-state index is -5.46. The van der Waals surface area contributed by atoms with Gasteiger partial charge in [-0.05, 0) is 42.7 Å².